The van der Waals surface area contributed by atoms with Crippen LogP contribution in [0.5, 0.6) is 0 Å². The largest absolute Gasteiger partial charge is 0.463 e. The first-order chi connectivity index (χ1) is 13.6. The summed E-state index contributed by atoms with van der Waals surface area (Å²) >= 11 is 0. The van der Waals surface area contributed by atoms with Crippen molar-refractivity contribution in [3.8, 4) is 0 Å². The van der Waals surface area contributed by atoms with Gasteiger partial charge in [-0.3, -0.25) is 4.79 Å². The van der Waals surface area contributed by atoms with Gasteiger partial charge < -0.3 is 19.3 Å². The van der Waals surface area contributed by atoms with Gasteiger partial charge in [0.05, 0.1) is 12.5 Å². The Morgan fingerprint density at radius 1 is 0.786 bits per heavy atom. The van der Waals surface area contributed by atoms with Crippen molar-refractivity contribution in [1.82, 2.24) is 0 Å². The Labute approximate surface area is 173 Å². The summed E-state index contributed by atoms with van der Waals surface area (Å²) in [5.41, 5.74) is 0. The molecular weight excluding hydrogens is 356 g/mol. The fourth-order valence-corrected chi connectivity index (χ4v) is 2.93. The molecule has 0 aromatic heterocycles. The molecule has 1 atom stereocenters. The Morgan fingerprint density at radius 2 is 1.25 bits per heavy atom. The SMILES string of the molecule is CCCCCCCCOC(CCC(=O)OCC(C)O)OCCCCCCCC. The summed E-state index contributed by atoms with van der Waals surface area (Å²) in [4.78, 5) is 11.8. The van der Waals surface area contributed by atoms with E-state index in [9.17, 15) is 9.90 Å². The minimum atomic E-state index is -0.632. The molecule has 1 N–H and O–H groups in total. The lowest BCUT2D eigenvalue weighted by molar-refractivity contribution is -0.160. The molecule has 0 rings (SSSR count). The van der Waals surface area contributed by atoms with Crippen molar-refractivity contribution in [3.63, 3.8) is 0 Å². The molecule has 0 radical (unpaired) electrons. The highest BCUT2D eigenvalue weighted by Gasteiger charge is 2.14. The van der Waals surface area contributed by atoms with Gasteiger partial charge in [0, 0.05) is 19.6 Å². The van der Waals surface area contributed by atoms with Gasteiger partial charge in [-0.1, -0.05) is 78.1 Å². The summed E-state index contributed by atoms with van der Waals surface area (Å²) in [7, 11) is 0. The van der Waals surface area contributed by atoms with Crippen LogP contribution in [0.15, 0.2) is 0 Å². The van der Waals surface area contributed by atoms with Gasteiger partial charge in [-0.25, -0.2) is 0 Å². The Kier molecular flexibility index (Phi) is 20.6. The second kappa shape index (κ2) is 21.1. The molecule has 0 fully saturated rings. The van der Waals surface area contributed by atoms with Crippen molar-refractivity contribution < 1.29 is 24.1 Å². The zero-order valence-electron chi connectivity index (χ0n) is 18.8. The maximum Gasteiger partial charge on any atom is 0.306 e. The van der Waals surface area contributed by atoms with Gasteiger partial charge in [0.2, 0.25) is 0 Å². The third kappa shape index (κ3) is 20.1. The van der Waals surface area contributed by atoms with E-state index >= 15 is 0 Å². The second-order valence-corrected chi connectivity index (χ2v) is 7.78. The van der Waals surface area contributed by atoms with Crippen molar-refractivity contribution in [2.75, 3.05) is 19.8 Å². The molecule has 0 saturated carbocycles. The number of carbonyl (C=O) groups excluding carboxylic acids is 1. The highest BCUT2D eigenvalue weighted by atomic mass is 16.7. The minimum absolute atomic E-state index is 0.0424. The summed E-state index contributed by atoms with van der Waals surface area (Å²) < 4.78 is 16.8. The maximum absolute atomic E-state index is 11.8. The highest BCUT2D eigenvalue weighted by Crippen LogP contribution is 2.11. The molecule has 0 heterocycles. The first kappa shape index (κ1) is 27.4. The minimum Gasteiger partial charge on any atom is -0.463 e. The van der Waals surface area contributed by atoms with E-state index in [0.717, 1.165) is 12.8 Å². The number of hydrogen-bond donors (Lipinski definition) is 1. The zero-order valence-corrected chi connectivity index (χ0v) is 18.8. The van der Waals surface area contributed by atoms with E-state index in [1.165, 1.54) is 64.2 Å². The van der Waals surface area contributed by atoms with E-state index in [2.05, 4.69) is 13.8 Å². The zero-order chi connectivity index (χ0) is 20.9. The molecule has 28 heavy (non-hydrogen) atoms. The number of aliphatic hydroxyl groups excluding tert-OH is 1. The van der Waals surface area contributed by atoms with Crippen LogP contribution in [-0.4, -0.2) is 43.3 Å². The van der Waals surface area contributed by atoms with Gasteiger partial charge in [-0.2, -0.15) is 0 Å². The molecule has 1 unspecified atom stereocenters. The normalized spacial score (nSPS) is 12.5. The highest BCUT2D eigenvalue weighted by molar-refractivity contribution is 5.69. The van der Waals surface area contributed by atoms with Gasteiger partial charge in [-0.05, 0) is 19.8 Å². The summed E-state index contributed by atoms with van der Waals surface area (Å²) in [6.45, 7) is 7.44. The van der Waals surface area contributed by atoms with Gasteiger partial charge in [-0.15, -0.1) is 0 Å². The molecule has 0 aliphatic carbocycles. The van der Waals surface area contributed by atoms with Crippen LogP contribution in [0.4, 0.5) is 0 Å². The molecule has 0 saturated heterocycles. The lowest BCUT2D eigenvalue weighted by Crippen LogP contribution is -2.22. The predicted molar refractivity (Wildman–Crippen MR) is 114 cm³/mol. The van der Waals surface area contributed by atoms with Crippen molar-refractivity contribution in [2.24, 2.45) is 0 Å². The number of hydrogen-bond acceptors (Lipinski definition) is 5. The number of esters is 1. The first-order valence-electron chi connectivity index (χ1n) is 11.7. The third-order valence-corrected chi connectivity index (χ3v) is 4.67. The lowest BCUT2D eigenvalue weighted by atomic mass is 10.1. The Morgan fingerprint density at radius 3 is 1.71 bits per heavy atom. The van der Waals surface area contributed by atoms with Crippen LogP contribution < -0.4 is 0 Å². The van der Waals surface area contributed by atoms with E-state index in [1.54, 1.807) is 6.92 Å². The van der Waals surface area contributed by atoms with E-state index in [4.69, 9.17) is 14.2 Å². The van der Waals surface area contributed by atoms with Gasteiger partial charge >= 0.3 is 5.97 Å². The van der Waals surface area contributed by atoms with Crippen molar-refractivity contribution in [1.29, 1.82) is 0 Å². The number of carbonyl (C=O) groups is 1. The van der Waals surface area contributed by atoms with Crippen molar-refractivity contribution in [3.05, 3.63) is 0 Å². The van der Waals surface area contributed by atoms with Crippen LogP contribution >= 0.6 is 0 Å². The topological polar surface area (TPSA) is 65.0 Å². The van der Waals surface area contributed by atoms with Gasteiger partial charge in [0.15, 0.2) is 6.29 Å². The molecule has 168 valence electrons. The van der Waals surface area contributed by atoms with E-state index in [-0.39, 0.29) is 25.3 Å². The maximum atomic E-state index is 11.8. The lowest BCUT2D eigenvalue weighted by Gasteiger charge is -2.18. The number of unbranched alkanes of at least 4 members (excludes halogenated alkanes) is 10. The summed E-state index contributed by atoms with van der Waals surface area (Å²) in [5.74, 6) is -0.308. The van der Waals surface area contributed by atoms with Gasteiger partial charge in [0.1, 0.15) is 6.61 Å². The summed E-state index contributed by atoms with van der Waals surface area (Å²) in [5, 5.41) is 9.19. The standard InChI is InChI=1S/C23H46O5/c1-4-6-8-10-12-14-18-26-23(17-16-22(25)28-20-21(3)24)27-19-15-13-11-9-7-5-2/h21,23-24H,4-20H2,1-3H3. The van der Waals surface area contributed by atoms with Crippen LogP contribution in [0.3, 0.4) is 0 Å². The second-order valence-electron chi connectivity index (χ2n) is 7.78. The predicted octanol–water partition coefficient (Wildman–Crippen LogP) is 5.77. The number of rotatable bonds is 21. The average molecular weight is 403 g/mol. The molecule has 0 aliphatic rings. The summed E-state index contributed by atoms with van der Waals surface area (Å²) in [6, 6.07) is 0. The van der Waals surface area contributed by atoms with Crippen molar-refractivity contribution >= 4 is 5.97 Å². The van der Waals surface area contributed by atoms with E-state index in [1.807, 2.05) is 0 Å². The van der Waals surface area contributed by atoms with Gasteiger partial charge in [0.25, 0.3) is 0 Å². The van der Waals surface area contributed by atoms with E-state index in [0.29, 0.717) is 19.6 Å². The fraction of sp³-hybridized carbons (Fsp3) is 0.957. The fourth-order valence-electron chi connectivity index (χ4n) is 2.93. The molecule has 5 nitrogen and oxygen atoms in total. The quantitative estimate of drug-likeness (QED) is 0.150. The molecule has 0 aromatic rings. The number of ether oxygens (including phenoxy) is 3. The summed E-state index contributed by atoms with van der Waals surface area (Å²) in [6.07, 6.45) is 14.4. The van der Waals surface area contributed by atoms with Crippen molar-refractivity contribution in [2.45, 2.75) is 123 Å². The van der Waals surface area contributed by atoms with Crippen LogP contribution in [0, 0.1) is 0 Å². The molecule has 0 aromatic carbocycles. The molecule has 5 heteroatoms. The first-order valence-corrected chi connectivity index (χ1v) is 11.7. The molecule has 0 spiro atoms. The molecular formula is C23H46O5. The Hall–Kier alpha value is -0.650. The Balaban J connectivity index is 3.99. The average Bonchev–Trinajstić information content (AvgIpc) is 2.68. The van der Waals surface area contributed by atoms with Crippen LogP contribution in [0.25, 0.3) is 0 Å². The molecule has 0 amide bonds. The number of aliphatic hydroxyl groups is 1. The van der Waals surface area contributed by atoms with E-state index < -0.39 is 6.10 Å². The van der Waals surface area contributed by atoms with Crippen LogP contribution in [0.1, 0.15) is 111 Å². The molecule has 0 aliphatic heterocycles. The van der Waals surface area contributed by atoms with Crippen LogP contribution in [-0.2, 0) is 19.0 Å². The van der Waals surface area contributed by atoms with Crippen LogP contribution in [0.2, 0.25) is 0 Å². The smallest absolute Gasteiger partial charge is 0.306 e. The monoisotopic (exact) mass is 402 g/mol. The third-order valence-electron chi connectivity index (χ3n) is 4.67. The Bertz CT molecular complexity index is 315. The molecule has 0 bridgehead atoms.